The van der Waals surface area contributed by atoms with Crippen LogP contribution in [0.4, 0.5) is 0 Å². The number of carbonyl (C=O) groups is 1. The molecule has 0 aromatic heterocycles. The van der Waals surface area contributed by atoms with Crippen LogP contribution in [0.5, 0.6) is 0 Å². The quantitative estimate of drug-likeness (QED) is 0.391. The maximum atomic E-state index is 11.6. The molecule has 0 radical (unpaired) electrons. The molecule has 1 atom stereocenters. The molecule has 1 saturated heterocycles. The van der Waals surface area contributed by atoms with E-state index in [0.717, 1.165) is 30.9 Å². The van der Waals surface area contributed by atoms with Gasteiger partial charge in [-0.2, -0.15) is 0 Å². The molecule has 0 spiro atoms. The van der Waals surface area contributed by atoms with Crippen molar-refractivity contribution in [3.8, 4) is 0 Å². The van der Waals surface area contributed by atoms with Crippen molar-refractivity contribution in [2.24, 2.45) is 16.8 Å². The Morgan fingerprint density at radius 3 is 2.55 bits per heavy atom. The number of hydrogen-bond acceptors (Lipinski definition) is 2. The standard InChI is InChI=1S/C16H32N4O.HI/c1-12(2)10-14-7-9-20(11-14)16(17-5)18-8-6-15(21)19-13(3)4;/h12-14H,6-11H2,1-5H3,(H,17,18)(H,19,21);1H. The second-order valence-corrected chi connectivity index (χ2v) is 6.68. The smallest absolute Gasteiger partial charge is 0.221 e. The Labute approximate surface area is 152 Å². The molecule has 1 fully saturated rings. The lowest BCUT2D eigenvalue weighted by Crippen LogP contribution is -2.42. The first-order valence-corrected chi connectivity index (χ1v) is 8.17. The first kappa shape index (κ1) is 21.5. The molecule has 1 aliphatic heterocycles. The number of rotatable bonds is 6. The van der Waals surface area contributed by atoms with Crippen molar-refractivity contribution in [1.29, 1.82) is 0 Å². The summed E-state index contributed by atoms with van der Waals surface area (Å²) in [5.74, 6) is 2.54. The number of guanidine groups is 1. The molecule has 0 aromatic rings. The number of halogens is 1. The highest BCUT2D eigenvalue weighted by Gasteiger charge is 2.25. The fourth-order valence-electron chi connectivity index (χ4n) is 2.90. The molecule has 5 nitrogen and oxygen atoms in total. The van der Waals surface area contributed by atoms with E-state index in [2.05, 4.69) is 34.4 Å². The average molecular weight is 424 g/mol. The minimum Gasteiger partial charge on any atom is -0.356 e. The van der Waals surface area contributed by atoms with Crippen molar-refractivity contribution < 1.29 is 4.79 Å². The van der Waals surface area contributed by atoms with Gasteiger partial charge in [-0.3, -0.25) is 9.79 Å². The highest BCUT2D eigenvalue weighted by molar-refractivity contribution is 14.0. The number of aliphatic imine (C=N–C) groups is 1. The number of amides is 1. The van der Waals surface area contributed by atoms with Crippen LogP contribution in [0.3, 0.4) is 0 Å². The Hall–Kier alpha value is -0.530. The lowest BCUT2D eigenvalue weighted by molar-refractivity contribution is -0.121. The molecule has 0 aromatic carbocycles. The maximum Gasteiger partial charge on any atom is 0.221 e. The van der Waals surface area contributed by atoms with Gasteiger partial charge in [0.05, 0.1) is 0 Å². The summed E-state index contributed by atoms with van der Waals surface area (Å²) >= 11 is 0. The fraction of sp³-hybridized carbons (Fsp3) is 0.875. The van der Waals surface area contributed by atoms with Gasteiger partial charge in [0.1, 0.15) is 0 Å². The van der Waals surface area contributed by atoms with Crippen molar-refractivity contribution >= 4 is 35.8 Å². The lowest BCUT2D eigenvalue weighted by atomic mass is 9.97. The van der Waals surface area contributed by atoms with Crippen LogP contribution in [-0.2, 0) is 4.79 Å². The summed E-state index contributed by atoms with van der Waals surface area (Å²) < 4.78 is 0. The number of likely N-dealkylation sites (tertiary alicyclic amines) is 1. The van der Waals surface area contributed by atoms with E-state index < -0.39 is 0 Å². The summed E-state index contributed by atoms with van der Waals surface area (Å²) in [4.78, 5) is 18.3. The van der Waals surface area contributed by atoms with E-state index in [1.807, 2.05) is 20.9 Å². The highest BCUT2D eigenvalue weighted by atomic mass is 127. The van der Waals surface area contributed by atoms with E-state index in [4.69, 9.17) is 0 Å². The van der Waals surface area contributed by atoms with E-state index in [-0.39, 0.29) is 35.9 Å². The highest BCUT2D eigenvalue weighted by Crippen LogP contribution is 2.23. The van der Waals surface area contributed by atoms with Crippen molar-refractivity contribution in [2.45, 2.75) is 53.0 Å². The van der Waals surface area contributed by atoms with Gasteiger partial charge in [0.15, 0.2) is 5.96 Å². The van der Waals surface area contributed by atoms with Crippen molar-refractivity contribution in [3.05, 3.63) is 0 Å². The summed E-state index contributed by atoms with van der Waals surface area (Å²) in [6, 6.07) is 0.201. The molecule has 1 aliphatic rings. The zero-order valence-electron chi connectivity index (χ0n) is 14.7. The van der Waals surface area contributed by atoms with E-state index in [9.17, 15) is 4.79 Å². The van der Waals surface area contributed by atoms with Gasteiger partial charge in [0, 0.05) is 39.1 Å². The predicted octanol–water partition coefficient (Wildman–Crippen LogP) is 2.46. The third-order valence-electron chi connectivity index (χ3n) is 3.69. The molecule has 130 valence electrons. The van der Waals surface area contributed by atoms with Gasteiger partial charge in [-0.25, -0.2) is 0 Å². The minimum atomic E-state index is 0. The monoisotopic (exact) mass is 424 g/mol. The van der Waals surface area contributed by atoms with Gasteiger partial charge in [0.2, 0.25) is 5.91 Å². The van der Waals surface area contributed by atoms with Gasteiger partial charge < -0.3 is 15.5 Å². The predicted molar refractivity (Wildman–Crippen MR) is 104 cm³/mol. The SMILES string of the molecule is CN=C(NCCC(=O)NC(C)C)N1CCC(CC(C)C)C1.I. The van der Waals surface area contributed by atoms with Crippen LogP contribution < -0.4 is 10.6 Å². The molecule has 0 aliphatic carbocycles. The Bertz CT molecular complexity index is 358. The van der Waals surface area contributed by atoms with Crippen LogP contribution in [0, 0.1) is 11.8 Å². The average Bonchev–Trinajstić information content (AvgIpc) is 2.81. The van der Waals surface area contributed by atoms with Crippen molar-refractivity contribution in [2.75, 3.05) is 26.7 Å². The minimum absolute atomic E-state index is 0. The third-order valence-corrected chi connectivity index (χ3v) is 3.69. The van der Waals surface area contributed by atoms with Crippen LogP contribution in [-0.4, -0.2) is 49.5 Å². The van der Waals surface area contributed by atoms with E-state index in [1.165, 1.54) is 12.8 Å². The van der Waals surface area contributed by atoms with E-state index >= 15 is 0 Å². The molecule has 6 heteroatoms. The Kier molecular flexibility index (Phi) is 10.8. The third kappa shape index (κ3) is 8.19. The zero-order valence-corrected chi connectivity index (χ0v) is 17.0. The van der Waals surface area contributed by atoms with Crippen LogP contribution in [0.25, 0.3) is 0 Å². The van der Waals surface area contributed by atoms with Gasteiger partial charge in [0.25, 0.3) is 0 Å². The first-order chi connectivity index (χ1) is 9.92. The second kappa shape index (κ2) is 11.1. The number of carbonyl (C=O) groups excluding carboxylic acids is 1. The Morgan fingerprint density at radius 2 is 2.00 bits per heavy atom. The van der Waals surface area contributed by atoms with Crippen molar-refractivity contribution in [1.82, 2.24) is 15.5 Å². The molecule has 2 N–H and O–H groups in total. The molecule has 1 rings (SSSR count). The van der Waals surface area contributed by atoms with Crippen LogP contribution in [0.2, 0.25) is 0 Å². The molecular formula is C16H33IN4O. The topological polar surface area (TPSA) is 56.7 Å². The molecule has 22 heavy (non-hydrogen) atoms. The Balaban J connectivity index is 0.00000441. The lowest BCUT2D eigenvalue weighted by Gasteiger charge is -2.22. The maximum absolute atomic E-state index is 11.6. The summed E-state index contributed by atoms with van der Waals surface area (Å²) in [5.41, 5.74) is 0. The van der Waals surface area contributed by atoms with Crippen LogP contribution >= 0.6 is 24.0 Å². The van der Waals surface area contributed by atoms with Crippen LogP contribution in [0.1, 0.15) is 47.0 Å². The summed E-state index contributed by atoms with van der Waals surface area (Å²) in [5, 5.41) is 6.20. The number of nitrogens with one attached hydrogen (secondary N) is 2. The summed E-state index contributed by atoms with van der Waals surface area (Å²) in [7, 11) is 1.81. The molecule has 1 amide bonds. The molecular weight excluding hydrogens is 391 g/mol. The van der Waals surface area contributed by atoms with Gasteiger partial charge in [-0.15, -0.1) is 24.0 Å². The molecule has 0 bridgehead atoms. The Morgan fingerprint density at radius 1 is 1.32 bits per heavy atom. The van der Waals surface area contributed by atoms with E-state index in [1.54, 1.807) is 0 Å². The van der Waals surface area contributed by atoms with Gasteiger partial charge in [-0.1, -0.05) is 13.8 Å². The largest absolute Gasteiger partial charge is 0.356 e. The normalized spacial score (nSPS) is 18.6. The molecule has 0 saturated carbocycles. The molecule has 1 heterocycles. The zero-order chi connectivity index (χ0) is 15.8. The number of nitrogens with zero attached hydrogens (tertiary/aromatic N) is 2. The summed E-state index contributed by atoms with van der Waals surface area (Å²) in [6.45, 7) is 11.3. The molecule has 1 unspecified atom stereocenters. The fourth-order valence-corrected chi connectivity index (χ4v) is 2.90. The van der Waals surface area contributed by atoms with Gasteiger partial charge in [-0.05, 0) is 38.5 Å². The first-order valence-electron chi connectivity index (χ1n) is 8.17. The van der Waals surface area contributed by atoms with Crippen molar-refractivity contribution in [3.63, 3.8) is 0 Å². The summed E-state index contributed by atoms with van der Waals surface area (Å²) in [6.07, 6.45) is 3.01. The number of hydrogen-bond donors (Lipinski definition) is 2. The van der Waals surface area contributed by atoms with Gasteiger partial charge >= 0.3 is 0 Å². The van der Waals surface area contributed by atoms with E-state index in [0.29, 0.717) is 13.0 Å². The van der Waals surface area contributed by atoms with Crippen LogP contribution in [0.15, 0.2) is 4.99 Å². The second-order valence-electron chi connectivity index (χ2n) is 6.68.